The van der Waals surface area contributed by atoms with Gasteiger partial charge in [0, 0.05) is 5.03 Å². The van der Waals surface area contributed by atoms with Gasteiger partial charge in [0.1, 0.15) is 0 Å². The maximum Gasteiger partial charge on any atom is 0.254 e. The normalized spacial score (nSPS) is 9.80. The quantitative estimate of drug-likeness (QED) is 0.913. The molecule has 1 N–H and O–H groups in total. The summed E-state index contributed by atoms with van der Waals surface area (Å²) >= 11 is 16.7. The number of nitrogens with zero attached hydrogens (tertiary/aromatic N) is 2. The van der Waals surface area contributed by atoms with Crippen molar-refractivity contribution in [3.8, 4) is 0 Å². The minimum atomic E-state index is -0.432. The number of carbonyl (C=O) groups excluding carboxylic acids is 1. The SMILES string of the molecule is C=C(Cl)CNC(=O)c1cc(Cl)nnc1Cl. The van der Waals surface area contributed by atoms with Gasteiger partial charge in [-0.3, -0.25) is 4.79 Å². The highest BCUT2D eigenvalue weighted by molar-refractivity contribution is 6.34. The van der Waals surface area contributed by atoms with E-state index in [0.29, 0.717) is 5.03 Å². The lowest BCUT2D eigenvalue weighted by molar-refractivity contribution is 0.0957. The first-order valence-electron chi connectivity index (χ1n) is 3.81. The molecule has 0 unspecified atom stereocenters. The van der Waals surface area contributed by atoms with Gasteiger partial charge in [0.2, 0.25) is 0 Å². The Labute approximate surface area is 101 Å². The molecule has 0 radical (unpaired) electrons. The zero-order chi connectivity index (χ0) is 11.4. The Morgan fingerprint density at radius 2 is 2.13 bits per heavy atom. The van der Waals surface area contributed by atoms with Crippen molar-refractivity contribution < 1.29 is 4.79 Å². The Hall–Kier alpha value is -0.840. The van der Waals surface area contributed by atoms with Crippen LogP contribution in [0, 0.1) is 0 Å². The van der Waals surface area contributed by atoms with E-state index in [0.717, 1.165) is 0 Å². The highest BCUT2D eigenvalue weighted by Gasteiger charge is 2.12. The van der Waals surface area contributed by atoms with Crippen LogP contribution >= 0.6 is 34.8 Å². The maximum absolute atomic E-state index is 11.5. The van der Waals surface area contributed by atoms with Crippen molar-refractivity contribution in [2.75, 3.05) is 6.54 Å². The Kier molecular flexibility index (Phi) is 4.32. The molecule has 0 aliphatic carbocycles. The molecule has 0 fully saturated rings. The predicted octanol–water partition coefficient (Wildman–Crippen LogP) is 2.27. The molecule has 0 aliphatic heterocycles. The van der Waals surface area contributed by atoms with Crippen LogP contribution in [-0.4, -0.2) is 22.6 Å². The van der Waals surface area contributed by atoms with Crippen LogP contribution in [0.1, 0.15) is 10.4 Å². The predicted molar refractivity (Wildman–Crippen MR) is 59.4 cm³/mol. The standard InChI is InChI=1S/C8H6Cl3N3O/c1-4(9)3-12-8(15)5-2-6(10)13-14-7(5)11/h2H,1,3H2,(H,12,15). The second-order valence-corrected chi connectivity index (χ2v) is 3.85. The number of hydrogen-bond donors (Lipinski definition) is 1. The minimum absolute atomic E-state index is 0.0166. The summed E-state index contributed by atoms with van der Waals surface area (Å²) in [6.45, 7) is 3.57. The third-order valence-electron chi connectivity index (χ3n) is 1.40. The highest BCUT2D eigenvalue weighted by atomic mass is 35.5. The summed E-state index contributed by atoms with van der Waals surface area (Å²) in [7, 11) is 0. The van der Waals surface area contributed by atoms with Gasteiger partial charge in [-0.15, -0.1) is 10.2 Å². The van der Waals surface area contributed by atoms with Crippen molar-refractivity contribution >= 4 is 40.7 Å². The van der Waals surface area contributed by atoms with E-state index >= 15 is 0 Å². The Balaban J connectivity index is 2.81. The molecule has 1 aromatic heterocycles. The lowest BCUT2D eigenvalue weighted by atomic mass is 10.3. The third kappa shape index (κ3) is 3.66. The summed E-state index contributed by atoms with van der Waals surface area (Å²) in [6.07, 6.45) is 0. The van der Waals surface area contributed by atoms with Gasteiger partial charge in [0.05, 0.1) is 12.1 Å². The monoisotopic (exact) mass is 265 g/mol. The summed E-state index contributed by atoms with van der Waals surface area (Å²) in [6, 6.07) is 1.32. The number of amides is 1. The molecule has 7 heteroatoms. The topological polar surface area (TPSA) is 54.9 Å². The van der Waals surface area contributed by atoms with Crippen LogP contribution in [0.15, 0.2) is 17.7 Å². The minimum Gasteiger partial charge on any atom is -0.347 e. The molecule has 0 bridgehead atoms. The smallest absolute Gasteiger partial charge is 0.254 e. The van der Waals surface area contributed by atoms with Gasteiger partial charge >= 0.3 is 0 Å². The molecule has 4 nitrogen and oxygen atoms in total. The van der Waals surface area contributed by atoms with Crippen LogP contribution in [0.4, 0.5) is 0 Å². The number of nitrogens with one attached hydrogen (secondary N) is 1. The zero-order valence-electron chi connectivity index (χ0n) is 7.43. The molecule has 1 heterocycles. The molecular formula is C8H6Cl3N3O. The molecule has 15 heavy (non-hydrogen) atoms. The molecule has 0 aliphatic rings. The fraction of sp³-hybridized carbons (Fsp3) is 0.125. The number of hydrogen-bond acceptors (Lipinski definition) is 3. The van der Waals surface area contributed by atoms with Crippen molar-refractivity contribution in [1.29, 1.82) is 0 Å². The summed E-state index contributed by atoms with van der Waals surface area (Å²) < 4.78 is 0. The summed E-state index contributed by atoms with van der Waals surface area (Å²) in [5, 5.41) is 9.84. The van der Waals surface area contributed by atoms with Crippen molar-refractivity contribution in [3.63, 3.8) is 0 Å². The second kappa shape index (κ2) is 5.30. The molecule has 1 rings (SSSR count). The molecule has 0 spiro atoms. The first kappa shape index (κ1) is 12.2. The van der Waals surface area contributed by atoms with E-state index in [-0.39, 0.29) is 22.4 Å². The first-order valence-corrected chi connectivity index (χ1v) is 4.94. The van der Waals surface area contributed by atoms with Crippen molar-refractivity contribution in [2.45, 2.75) is 0 Å². The van der Waals surface area contributed by atoms with E-state index < -0.39 is 5.91 Å². The number of aromatic nitrogens is 2. The van der Waals surface area contributed by atoms with E-state index in [9.17, 15) is 4.79 Å². The molecule has 1 aromatic rings. The number of carbonyl (C=O) groups is 1. The molecule has 0 saturated carbocycles. The molecule has 0 aromatic carbocycles. The van der Waals surface area contributed by atoms with Crippen LogP contribution in [0.5, 0.6) is 0 Å². The van der Waals surface area contributed by atoms with Crippen molar-refractivity contribution in [2.24, 2.45) is 0 Å². The lowest BCUT2D eigenvalue weighted by Crippen LogP contribution is -2.25. The van der Waals surface area contributed by atoms with Crippen LogP contribution < -0.4 is 5.32 Å². The summed E-state index contributed by atoms with van der Waals surface area (Å²) in [5.41, 5.74) is 0.148. The van der Waals surface area contributed by atoms with E-state index in [1.807, 2.05) is 0 Å². The summed E-state index contributed by atoms with van der Waals surface area (Å²) in [4.78, 5) is 11.5. The van der Waals surface area contributed by atoms with Crippen LogP contribution in [0.2, 0.25) is 10.3 Å². The number of halogens is 3. The Morgan fingerprint density at radius 1 is 1.47 bits per heavy atom. The van der Waals surface area contributed by atoms with E-state index in [2.05, 4.69) is 22.1 Å². The van der Waals surface area contributed by atoms with E-state index in [1.165, 1.54) is 6.07 Å². The Morgan fingerprint density at radius 3 is 2.73 bits per heavy atom. The van der Waals surface area contributed by atoms with Gasteiger partial charge in [0.15, 0.2) is 10.3 Å². The van der Waals surface area contributed by atoms with Gasteiger partial charge in [0.25, 0.3) is 5.91 Å². The van der Waals surface area contributed by atoms with Gasteiger partial charge in [-0.05, 0) is 6.07 Å². The highest BCUT2D eigenvalue weighted by Crippen LogP contribution is 2.15. The molecule has 80 valence electrons. The average molecular weight is 267 g/mol. The van der Waals surface area contributed by atoms with Gasteiger partial charge in [-0.1, -0.05) is 41.4 Å². The van der Waals surface area contributed by atoms with Crippen molar-refractivity contribution in [1.82, 2.24) is 15.5 Å². The first-order chi connectivity index (χ1) is 7.00. The average Bonchev–Trinajstić information content (AvgIpc) is 2.18. The van der Waals surface area contributed by atoms with Gasteiger partial charge in [-0.2, -0.15) is 0 Å². The third-order valence-corrected chi connectivity index (χ3v) is 2.00. The zero-order valence-corrected chi connectivity index (χ0v) is 9.70. The molecular weight excluding hydrogens is 260 g/mol. The largest absolute Gasteiger partial charge is 0.347 e. The number of rotatable bonds is 3. The van der Waals surface area contributed by atoms with E-state index in [1.54, 1.807) is 0 Å². The van der Waals surface area contributed by atoms with E-state index in [4.69, 9.17) is 34.8 Å². The van der Waals surface area contributed by atoms with Crippen LogP contribution in [0.25, 0.3) is 0 Å². The fourth-order valence-electron chi connectivity index (χ4n) is 0.784. The van der Waals surface area contributed by atoms with Crippen LogP contribution in [-0.2, 0) is 0 Å². The second-order valence-electron chi connectivity index (χ2n) is 2.57. The summed E-state index contributed by atoms with van der Waals surface area (Å²) in [5.74, 6) is -0.432. The molecule has 0 saturated heterocycles. The van der Waals surface area contributed by atoms with Crippen LogP contribution in [0.3, 0.4) is 0 Å². The molecule has 1 amide bonds. The van der Waals surface area contributed by atoms with Gasteiger partial charge in [-0.25, -0.2) is 0 Å². The Bertz CT molecular complexity index is 408. The molecule has 0 atom stereocenters. The maximum atomic E-state index is 11.5. The van der Waals surface area contributed by atoms with Gasteiger partial charge < -0.3 is 5.32 Å². The fourth-order valence-corrected chi connectivity index (χ4v) is 1.18. The van der Waals surface area contributed by atoms with Crippen molar-refractivity contribution in [3.05, 3.63) is 33.5 Å². The lowest BCUT2D eigenvalue weighted by Gasteiger charge is -2.04.